The maximum absolute atomic E-state index is 3.99. The van der Waals surface area contributed by atoms with Crippen molar-refractivity contribution in [3.8, 4) is 0 Å². The van der Waals surface area contributed by atoms with Crippen molar-refractivity contribution >= 4 is 0 Å². The van der Waals surface area contributed by atoms with E-state index in [0.717, 1.165) is 36.7 Å². The van der Waals surface area contributed by atoms with Gasteiger partial charge in [0.2, 0.25) is 0 Å². The summed E-state index contributed by atoms with van der Waals surface area (Å²) >= 11 is 0. The molecule has 0 aromatic carbocycles. The average molecular weight is 247 g/mol. The van der Waals surface area contributed by atoms with E-state index in [1.807, 2.05) is 0 Å². The van der Waals surface area contributed by atoms with Crippen molar-refractivity contribution < 1.29 is 0 Å². The molecule has 4 saturated carbocycles. The first kappa shape index (κ1) is 10.9. The first-order valence-corrected chi connectivity index (χ1v) is 7.24. The van der Waals surface area contributed by atoms with E-state index in [-0.39, 0.29) is 0 Å². The Bertz CT molecular complexity index is 378. The van der Waals surface area contributed by atoms with E-state index in [1.54, 1.807) is 0 Å². The van der Waals surface area contributed by atoms with Crippen LogP contribution in [0.15, 0.2) is 0 Å². The minimum atomic E-state index is 0.596. The molecule has 0 spiro atoms. The van der Waals surface area contributed by atoms with E-state index in [0.29, 0.717) is 5.41 Å². The summed E-state index contributed by atoms with van der Waals surface area (Å²) in [4.78, 5) is 0. The summed E-state index contributed by atoms with van der Waals surface area (Å²) in [5.74, 6) is 3.87. The minimum Gasteiger partial charge on any atom is -0.309 e. The van der Waals surface area contributed by atoms with Crippen LogP contribution in [0.4, 0.5) is 0 Å². The van der Waals surface area contributed by atoms with Crippen molar-refractivity contribution in [3.63, 3.8) is 0 Å². The van der Waals surface area contributed by atoms with Crippen LogP contribution < -0.4 is 5.32 Å². The van der Waals surface area contributed by atoms with Crippen LogP contribution in [-0.2, 0) is 6.54 Å². The fraction of sp³-hybridized carbons (Fsp3) is 0.923. The second-order valence-electron chi connectivity index (χ2n) is 6.85. The Kier molecular flexibility index (Phi) is 2.43. The van der Waals surface area contributed by atoms with E-state index in [9.17, 15) is 0 Å². The molecule has 0 radical (unpaired) electrons. The molecule has 5 rings (SSSR count). The van der Waals surface area contributed by atoms with Gasteiger partial charge in [-0.05, 0) is 61.7 Å². The molecule has 0 saturated heterocycles. The van der Waals surface area contributed by atoms with Gasteiger partial charge in [-0.25, -0.2) is 0 Å². The number of tetrazole rings is 1. The fourth-order valence-corrected chi connectivity index (χ4v) is 5.20. The van der Waals surface area contributed by atoms with Crippen molar-refractivity contribution in [2.24, 2.45) is 23.2 Å². The zero-order valence-electron chi connectivity index (χ0n) is 10.7. The van der Waals surface area contributed by atoms with Crippen LogP contribution in [0.5, 0.6) is 0 Å². The molecule has 2 N–H and O–H groups in total. The highest BCUT2D eigenvalue weighted by Gasteiger charge is 2.50. The topological polar surface area (TPSA) is 66.5 Å². The van der Waals surface area contributed by atoms with Crippen LogP contribution in [0.25, 0.3) is 0 Å². The minimum absolute atomic E-state index is 0.596. The molecule has 0 unspecified atom stereocenters. The van der Waals surface area contributed by atoms with Gasteiger partial charge >= 0.3 is 0 Å². The van der Waals surface area contributed by atoms with E-state index in [2.05, 4.69) is 25.9 Å². The van der Waals surface area contributed by atoms with E-state index in [1.165, 1.54) is 38.5 Å². The average Bonchev–Trinajstić information content (AvgIpc) is 2.79. The fourth-order valence-electron chi connectivity index (χ4n) is 5.20. The Morgan fingerprint density at radius 1 is 1.11 bits per heavy atom. The molecular formula is C13H21N5. The zero-order chi connectivity index (χ0) is 12.0. The molecule has 4 aliphatic rings. The number of aromatic amines is 1. The molecular weight excluding hydrogens is 226 g/mol. The van der Waals surface area contributed by atoms with Crippen molar-refractivity contribution in [2.75, 3.05) is 6.54 Å². The highest BCUT2D eigenvalue weighted by atomic mass is 15.5. The normalized spacial score (nSPS) is 41.4. The second-order valence-corrected chi connectivity index (χ2v) is 6.85. The van der Waals surface area contributed by atoms with Gasteiger partial charge in [-0.15, -0.1) is 10.2 Å². The monoisotopic (exact) mass is 247 g/mol. The summed E-state index contributed by atoms with van der Waals surface area (Å²) in [6, 6.07) is 0. The summed E-state index contributed by atoms with van der Waals surface area (Å²) in [5, 5.41) is 17.6. The van der Waals surface area contributed by atoms with E-state index in [4.69, 9.17) is 0 Å². The number of rotatable bonds is 4. The molecule has 4 bridgehead atoms. The smallest absolute Gasteiger partial charge is 0.188 e. The summed E-state index contributed by atoms with van der Waals surface area (Å²) < 4.78 is 0. The molecule has 1 heterocycles. The van der Waals surface area contributed by atoms with Gasteiger partial charge in [0, 0.05) is 6.54 Å². The van der Waals surface area contributed by atoms with Gasteiger partial charge in [0.05, 0.1) is 6.54 Å². The summed E-state index contributed by atoms with van der Waals surface area (Å²) in [5.41, 5.74) is 0.596. The highest BCUT2D eigenvalue weighted by Crippen LogP contribution is 2.59. The van der Waals surface area contributed by atoms with Crippen LogP contribution in [0, 0.1) is 23.2 Å². The van der Waals surface area contributed by atoms with Crippen LogP contribution >= 0.6 is 0 Å². The predicted octanol–water partition coefficient (Wildman–Crippen LogP) is 1.51. The van der Waals surface area contributed by atoms with Gasteiger partial charge < -0.3 is 5.32 Å². The summed E-state index contributed by atoms with van der Waals surface area (Å²) in [6.07, 6.45) is 8.92. The lowest BCUT2D eigenvalue weighted by atomic mass is 9.49. The third-order valence-electron chi connectivity index (χ3n) is 5.34. The molecule has 4 fully saturated rings. The lowest BCUT2D eigenvalue weighted by Gasteiger charge is -2.57. The van der Waals surface area contributed by atoms with Crippen molar-refractivity contribution in [3.05, 3.63) is 5.82 Å². The quantitative estimate of drug-likeness (QED) is 0.846. The first-order chi connectivity index (χ1) is 8.81. The molecule has 5 nitrogen and oxygen atoms in total. The molecule has 98 valence electrons. The Labute approximate surface area is 107 Å². The van der Waals surface area contributed by atoms with Crippen LogP contribution in [-0.4, -0.2) is 27.2 Å². The van der Waals surface area contributed by atoms with Gasteiger partial charge in [0.25, 0.3) is 0 Å². The number of hydrogen-bond donors (Lipinski definition) is 2. The second kappa shape index (κ2) is 4.02. The number of nitrogens with zero attached hydrogens (tertiary/aromatic N) is 3. The van der Waals surface area contributed by atoms with Gasteiger partial charge in [-0.3, -0.25) is 0 Å². The molecule has 5 heteroatoms. The number of hydrogen-bond acceptors (Lipinski definition) is 4. The van der Waals surface area contributed by atoms with Crippen LogP contribution in [0.1, 0.15) is 44.3 Å². The third kappa shape index (κ3) is 1.85. The predicted molar refractivity (Wildman–Crippen MR) is 66.5 cm³/mol. The molecule has 18 heavy (non-hydrogen) atoms. The largest absolute Gasteiger partial charge is 0.309 e. The summed E-state index contributed by atoms with van der Waals surface area (Å²) in [7, 11) is 0. The molecule has 0 amide bonds. The van der Waals surface area contributed by atoms with E-state index < -0.39 is 0 Å². The Morgan fingerprint density at radius 2 is 1.78 bits per heavy atom. The maximum atomic E-state index is 3.99. The number of nitrogens with one attached hydrogen (secondary N) is 2. The zero-order valence-corrected chi connectivity index (χ0v) is 10.7. The Morgan fingerprint density at radius 3 is 2.33 bits per heavy atom. The lowest BCUT2D eigenvalue weighted by molar-refractivity contribution is -0.0514. The molecule has 1 aromatic heterocycles. The standard InChI is InChI=1S/C13H21N5/c1-9-2-11-3-10(1)5-13(4-9,6-11)8-14-7-12-15-17-18-16-12/h9-11,14H,1-8H2,(H,15,16,17,18). The highest BCUT2D eigenvalue weighted by molar-refractivity contribution is 5.02. The number of H-pyrrole nitrogens is 1. The lowest BCUT2D eigenvalue weighted by Crippen LogP contribution is -2.50. The summed E-state index contributed by atoms with van der Waals surface area (Å²) in [6.45, 7) is 1.89. The Hall–Kier alpha value is -0.970. The SMILES string of the molecule is C(NCC12CC3CC(CC(C3)C1)C2)c1nn[nH]n1. The van der Waals surface area contributed by atoms with E-state index >= 15 is 0 Å². The van der Waals surface area contributed by atoms with Gasteiger partial charge in [-0.2, -0.15) is 5.21 Å². The third-order valence-corrected chi connectivity index (χ3v) is 5.34. The van der Waals surface area contributed by atoms with Crippen LogP contribution in [0.2, 0.25) is 0 Å². The van der Waals surface area contributed by atoms with Crippen LogP contribution in [0.3, 0.4) is 0 Å². The van der Waals surface area contributed by atoms with Gasteiger partial charge in [-0.1, -0.05) is 5.21 Å². The molecule has 0 aliphatic heterocycles. The van der Waals surface area contributed by atoms with Gasteiger partial charge in [0.1, 0.15) is 0 Å². The molecule has 4 aliphatic carbocycles. The molecule has 0 atom stereocenters. The number of aromatic nitrogens is 4. The van der Waals surface area contributed by atoms with Crippen molar-refractivity contribution in [1.29, 1.82) is 0 Å². The van der Waals surface area contributed by atoms with Gasteiger partial charge in [0.15, 0.2) is 5.82 Å². The first-order valence-electron chi connectivity index (χ1n) is 7.24. The van der Waals surface area contributed by atoms with Crippen molar-refractivity contribution in [1.82, 2.24) is 25.9 Å². The Balaban J connectivity index is 1.39. The maximum Gasteiger partial charge on any atom is 0.188 e. The van der Waals surface area contributed by atoms with Crippen molar-refractivity contribution in [2.45, 2.75) is 45.1 Å². The molecule has 1 aromatic rings.